The van der Waals surface area contributed by atoms with Gasteiger partial charge in [0, 0.05) is 20.3 Å². The van der Waals surface area contributed by atoms with Crippen LogP contribution in [0.2, 0.25) is 0 Å². The van der Waals surface area contributed by atoms with E-state index >= 15 is 0 Å². The Bertz CT molecular complexity index is 549. The topological polar surface area (TPSA) is 112 Å². The van der Waals surface area contributed by atoms with E-state index in [1.54, 1.807) is 12.1 Å². The fourth-order valence-corrected chi connectivity index (χ4v) is 2.27. The third kappa shape index (κ3) is 7.31. The van der Waals surface area contributed by atoms with Gasteiger partial charge in [-0.2, -0.15) is 0 Å². The maximum atomic E-state index is 10.7. The average Bonchev–Trinajstić information content (AvgIpc) is 2.51. The van der Waals surface area contributed by atoms with Gasteiger partial charge in [-0.15, -0.1) is 18.8 Å². The van der Waals surface area contributed by atoms with E-state index in [1.807, 2.05) is 6.92 Å². The molecule has 1 rings (SSSR count). The van der Waals surface area contributed by atoms with Crippen molar-refractivity contribution in [1.29, 1.82) is 0 Å². The zero-order valence-corrected chi connectivity index (χ0v) is 14.7. The van der Waals surface area contributed by atoms with Crippen molar-refractivity contribution in [2.45, 2.75) is 33.0 Å². The van der Waals surface area contributed by atoms with Crippen molar-refractivity contribution in [2.75, 3.05) is 13.7 Å². The molecule has 0 bridgehead atoms. The number of rotatable bonds is 11. The molecule has 0 saturated carbocycles. The molecule has 1 aromatic rings. The van der Waals surface area contributed by atoms with E-state index in [-0.39, 0.29) is 13.2 Å². The maximum absolute atomic E-state index is 10.7. The van der Waals surface area contributed by atoms with Crippen molar-refractivity contribution >= 4 is 16.5 Å². The molecule has 0 aliphatic rings. The van der Waals surface area contributed by atoms with Crippen molar-refractivity contribution in [3.05, 3.63) is 23.3 Å². The molecule has 2 N–H and O–H groups in total. The van der Waals surface area contributed by atoms with E-state index in [1.165, 1.54) is 7.11 Å². The molecule has 23 heavy (non-hydrogen) atoms. The highest BCUT2D eigenvalue weighted by Gasteiger charge is 2.20. The Balaban J connectivity index is 3.04. The Morgan fingerprint density at radius 1 is 1.00 bits per heavy atom. The molecule has 1 aromatic carbocycles. The predicted molar refractivity (Wildman–Crippen MR) is 82.6 cm³/mol. The fraction of sp³-hybridized carbons (Fsp3) is 0.538. The Kier molecular flexibility index (Phi) is 9.17. The van der Waals surface area contributed by atoms with Crippen LogP contribution in [0, 0.1) is 0 Å². The van der Waals surface area contributed by atoms with Crippen LogP contribution in [0.1, 0.15) is 30.9 Å². The molecule has 2 unspecified atom stereocenters. The van der Waals surface area contributed by atoms with Crippen molar-refractivity contribution in [3.8, 4) is 11.5 Å². The first kappa shape index (κ1) is 19.9. The van der Waals surface area contributed by atoms with Gasteiger partial charge in [0.15, 0.2) is 0 Å². The largest absolute Gasteiger partial charge is 0.695 e. The van der Waals surface area contributed by atoms with E-state index in [4.69, 9.17) is 28.3 Å². The van der Waals surface area contributed by atoms with Crippen LogP contribution in [0.4, 0.5) is 0 Å². The van der Waals surface area contributed by atoms with E-state index < -0.39 is 16.5 Å². The third-order valence-corrected chi connectivity index (χ3v) is 3.58. The average molecular weight is 366 g/mol. The first-order valence-electron chi connectivity index (χ1n) is 6.88. The lowest BCUT2D eigenvalue weighted by Crippen LogP contribution is -2.03. The van der Waals surface area contributed by atoms with Gasteiger partial charge in [0.05, 0.1) is 13.7 Å². The summed E-state index contributed by atoms with van der Waals surface area (Å²) in [7, 11) is -4.03. The highest BCUT2D eigenvalue weighted by atomic mass is 31.1. The number of methoxy groups -OCH3 is 1. The van der Waals surface area contributed by atoms with Crippen LogP contribution < -0.4 is 9.47 Å². The van der Waals surface area contributed by atoms with E-state index in [2.05, 4.69) is 0 Å². The lowest BCUT2D eigenvalue weighted by Gasteiger charge is -2.14. The zero-order valence-electron chi connectivity index (χ0n) is 12.9. The van der Waals surface area contributed by atoms with Crippen molar-refractivity contribution in [2.24, 2.45) is 0 Å². The summed E-state index contributed by atoms with van der Waals surface area (Å²) < 4.78 is 41.7. The highest BCUT2D eigenvalue weighted by Crippen LogP contribution is 2.33. The summed E-state index contributed by atoms with van der Waals surface area (Å²) in [5.41, 5.74) is 1.06. The summed E-state index contributed by atoms with van der Waals surface area (Å²) in [6, 6.07) is 3.19. The van der Waals surface area contributed by atoms with Gasteiger partial charge in [0.1, 0.15) is 24.7 Å². The first-order chi connectivity index (χ1) is 11.0. The minimum atomic E-state index is -2.73. The molecule has 0 spiro atoms. The normalized spacial score (nSPS) is 12.0. The van der Waals surface area contributed by atoms with Gasteiger partial charge in [0.2, 0.25) is 0 Å². The van der Waals surface area contributed by atoms with Gasteiger partial charge < -0.3 is 9.47 Å². The molecule has 0 fully saturated rings. The zero-order chi connectivity index (χ0) is 17.2. The molecular formula is C13H20O8P2+2. The summed E-state index contributed by atoms with van der Waals surface area (Å²) in [6.07, 6.45) is 1.79. The van der Waals surface area contributed by atoms with Gasteiger partial charge >= 0.3 is 16.5 Å². The molecule has 2 atom stereocenters. The maximum Gasteiger partial charge on any atom is 0.695 e. The molecule has 0 heterocycles. The molecule has 0 saturated heterocycles. The second kappa shape index (κ2) is 10.6. The van der Waals surface area contributed by atoms with Gasteiger partial charge in [0.25, 0.3) is 0 Å². The molecule has 0 aliphatic carbocycles. The Morgan fingerprint density at radius 3 is 2.00 bits per heavy atom. The quantitative estimate of drug-likeness (QED) is 0.454. The monoisotopic (exact) mass is 366 g/mol. The first-order valence-corrected chi connectivity index (χ1v) is 9.14. The summed E-state index contributed by atoms with van der Waals surface area (Å²) >= 11 is 0. The fourth-order valence-electron chi connectivity index (χ4n) is 1.77. The number of hydrogen-bond donors (Lipinski definition) is 2. The number of hydrogen-bond acceptors (Lipinski definition) is 6. The van der Waals surface area contributed by atoms with Gasteiger partial charge in [-0.05, 0) is 18.6 Å². The van der Waals surface area contributed by atoms with Crippen molar-refractivity contribution in [1.82, 2.24) is 0 Å². The minimum absolute atomic E-state index is 0.126. The van der Waals surface area contributed by atoms with Gasteiger partial charge in [-0.25, -0.2) is 0 Å². The second-order valence-electron chi connectivity index (χ2n) is 4.50. The Morgan fingerprint density at radius 2 is 1.52 bits per heavy atom. The number of unbranched alkanes of at least 4 members (excludes halogenated alkanes) is 1. The van der Waals surface area contributed by atoms with Crippen LogP contribution in [0.15, 0.2) is 12.1 Å². The van der Waals surface area contributed by atoms with E-state index in [0.29, 0.717) is 29.2 Å². The van der Waals surface area contributed by atoms with Crippen LogP contribution in [-0.2, 0) is 31.4 Å². The van der Waals surface area contributed by atoms with E-state index in [0.717, 1.165) is 12.8 Å². The lowest BCUT2D eigenvalue weighted by atomic mass is 10.1. The van der Waals surface area contributed by atoms with E-state index in [9.17, 15) is 9.13 Å². The van der Waals surface area contributed by atoms with Gasteiger partial charge in [-0.1, -0.05) is 13.3 Å². The highest BCUT2D eigenvalue weighted by molar-refractivity contribution is 7.32. The SMILES string of the molecule is CCCCOc1cc(CO[P+](=O)O)c(OC)cc1CO[P+](=O)O. The van der Waals surface area contributed by atoms with Gasteiger partial charge in [-0.3, -0.25) is 0 Å². The molecular weight excluding hydrogens is 346 g/mol. The summed E-state index contributed by atoms with van der Waals surface area (Å²) in [5, 5.41) is 0. The Labute approximate surface area is 136 Å². The predicted octanol–water partition coefficient (Wildman–Crippen LogP) is 3.21. The molecule has 0 aliphatic heterocycles. The van der Waals surface area contributed by atoms with Crippen molar-refractivity contribution in [3.63, 3.8) is 0 Å². The molecule has 0 aromatic heterocycles. The van der Waals surface area contributed by atoms with Crippen LogP contribution in [0.25, 0.3) is 0 Å². The molecule has 10 heteroatoms. The number of ether oxygens (including phenoxy) is 2. The Hall–Kier alpha value is -1.14. The third-order valence-electron chi connectivity index (χ3n) is 2.88. The summed E-state index contributed by atoms with van der Waals surface area (Å²) in [5.74, 6) is 0.847. The van der Waals surface area contributed by atoms with Crippen LogP contribution in [-0.4, -0.2) is 23.5 Å². The summed E-state index contributed by atoms with van der Waals surface area (Å²) in [6.45, 7) is 2.23. The minimum Gasteiger partial charge on any atom is -0.496 e. The molecule has 0 radical (unpaired) electrons. The van der Waals surface area contributed by atoms with Crippen LogP contribution >= 0.6 is 16.5 Å². The molecule has 0 amide bonds. The molecule has 128 valence electrons. The lowest BCUT2D eigenvalue weighted by molar-refractivity contribution is 0.252. The number of benzene rings is 1. The van der Waals surface area contributed by atoms with Crippen LogP contribution in [0.5, 0.6) is 11.5 Å². The smallest absolute Gasteiger partial charge is 0.496 e. The summed E-state index contributed by atoms with van der Waals surface area (Å²) in [4.78, 5) is 17.5. The second-order valence-corrected chi connectivity index (χ2v) is 5.96. The van der Waals surface area contributed by atoms with Crippen LogP contribution in [0.3, 0.4) is 0 Å². The molecule has 8 nitrogen and oxygen atoms in total. The van der Waals surface area contributed by atoms with Crippen molar-refractivity contribution < 1.29 is 37.4 Å². The standard InChI is InChI=1S/C13H18O8P2/c1-3-4-5-19-13-7-10(8-20-22(14)15)12(18-2)6-11(13)9-21-23(16)17/h6-7H,3-5,8-9H2,1-2H3/p+2.